The third-order valence-corrected chi connectivity index (χ3v) is 3.51. The predicted molar refractivity (Wildman–Crippen MR) is 98.6 cm³/mol. The molecule has 2 rings (SSSR count). The summed E-state index contributed by atoms with van der Waals surface area (Å²) in [5.41, 5.74) is 2.25. The van der Waals surface area contributed by atoms with Gasteiger partial charge in [-0.3, -0.25) is 4.79 Å². The fourth-order valence-corrected chi connectivity index (χ4v) is 1.83. The van der Waals surface area contributed by atoms with Crippen LogP contribution >= 0.6 is 0 Å². The number of oxime groups is 1. The maximum atomic E-state index is 13.6. The molecule has 0 radical (unpaired) electrons. The second-order valence-electron chi connectivity index (χ2n) is 5.54. The van der Waals surface area contributed by atoms with Gasteiger partial charge >= 0.3 is 5.97 Å². The molecule has 0 fully saturated rings. The number of carbonyl (C=O) groups is 1. The maximum Gasteiger partial charge on any atom is 0.302 e. The number of methoxy groups -OCH3 is 1. The molecule has 1 aromatic carbocycles. The summed E-state index contributed by atoms with van der Waals surface area (Å²) in [7, 11) is 1.35. The molecule has 0 aromatic heterocycles. The van der Waals surface area contributed by atoms with E-state index in [0.717, 1.165) is 11.1 Å². The average molecular weight is 345 g/mol. The van der Waals surface area contributed by atoms with Crippen LogP contribution in [0.3, 0.4) is 0 Å². The van der Waals surface area contributed by atoms with Crippen LogP contribution in [0.2, 0.25) is 0 Å². The lowest BCUT2D eigenvalue weighted by Gasteiger charge is -2.15. The van der Waals surface area contributed by atoms with Gasteiger partial charge in [-0.25, -0.2) is 4.39 Å². The van der Waals surface area contributed by atoms with Crippen molar-refractivity contribution in [3.63, 3.8) is 0 Å². The van der Waals surface area contributed by atoms with Gasteiger partial charge in [0.05, 0.1) is 12.8 Å². The number of carbonyl (C=O) groups excluding carboxylic acids is 1. The molecule has 2 atom stereocenters. The molecule has 0 amide bonds. The van der Waals surface area contributed by atoms with Gasteiger partial charge in [0.15, 0.2) is 5.76 Å². The molecule has 0 aliphatic heterocycles. The number of hydrogen-bond acceptors (Lipinski definition) is 4. The molecule has 1 aromatic rings. The second kappa shape index (κ2) is 10.2. The van der Waals surface area contributed by atoms with Crippen LogP contribution in [0.5, 0.6) is 0 Å². The standard InChI is InChI=1S/C17H18FNO.C3H6O2/c1-12-9-10-16(11-17(12)18)13(2)19-20-14(3)15-7-5-4-6-8-15;1-3(4)5-2/h4-12,17H,3H2,1-2H3;1-2H3/b19-13+;. The lowest BCUT2D eigenvalue weighted by molar-refractivity contribution is -0.137. The van der Waals surface area contributed by atoms with E-state index in [1.165, 1.54) is 14.0 Å². The van der Waals surface area contributed by atoms with Gasteiger partial charge in [-0.1, -0.05) is 61.1 Å². The summed E-state index contributed by atoms with van der Waals surface area (Å²) in [4.78, 5) is 14.9. The summed E-state index contributed by atoms with van der Waals surface area (Å²) < 4.78 is 17.7. The van der Waals surface area contributed by atoms with Crippen LogP contribution < -0.4 is 0 Å². The van der Waals surface area contributed by atoms with E-state index in [1.54, 1.807) is 13.0 Å². The Kier molecular flexibility index (Phi) is 8.33. The Balaban J connectivity index is 0.000000550. The smallest absolute Gasteiger partial charge is 0.302 e. The minimum Gasteiger partial charge on any atom is -0.469 e. The van der Waals surface area contributed by atoms with Crippen LogP contribution in [-0.2, 0) is 14.4 Å². The van der Waals surface area contributed by atoms with Crippen LogP contribution in [0.25, 0.3) is 5.76 Å². The van der Waals surface area contributed by atoms with E-state index in [0.29, 0.717) is 11.5 Å². The summed E-state index contributed by atoms with van der Waals surface area (Å²) in [5, 5.41) is 4.01. The Morgan fingerprint density at radius 1 is 1.24 bits per heavy atom. The van der Waals surface area contributed by atoms with E-state index in [-0.39, 0.29) is 11.9 Å². The van der Waals surface area contributed by atoms with Crippen LogP contribution in [0.4, 0.5) is 4.39 Å². The Morgan fingerprint density at radius 3 is 2.36 bits per heavy atom. The second-order valence-corrected chi connectivity index (χ2v) is 5.54. The van der Waals surface area contributed by atoms with E-state index >= 15 is 0 Å². The molecule has 2 unspecified atom stereocenters. The molecule has 5 heteroatoms. The van der Waals surface area contributed by atoms with Gasteiger partial charge in [-0.15, -0.1) is 0 Å². The van der Waals surface area contributed by atoms with Crippen LogP contribution in [0, 0.1) is 5.92 Å². The van der Waals surface area contributed by atoms with Crippen molar-refractivity contribution in [2.45, 2.75) is 26.9 Å². The number of rotatable bonds is 4. The van der Waals surface area contributed by atoms with Crippen molar-refractivity contribution in [2.24, 2.45) is 11.1 Å². The van der Waals surface area contributed by atoms with E-state index < -0.39 is 6.17 Å². The fourth-order valence-electron chi connectivity index (χ4n) is 1.83. The van der Waals surface area contributed by atoms with Gasteiger partial charge in [0, 0.05) is 18.4 Å². The van der Waals surface area contributed by atoms with Crippen LogP contribution in [0.15, 0.2) is 65.9 Å². The SMILES string of the molecule is C=C(O/N=C(\C)C1=CC(F)C(C)C=C1)c1ccccc1.COC(C)=O. The molecule has 0 saturated carbocycles. The van der Waals surface area contributed by atoms with Crippen molar-refractivity contribution in [3.05, 3.63) is 66.3 Å². The lowest BCUT2D eigenvalue weighted by atomic mass is 9.95. The summed E-state index contributed by atoms with van der Waals surface area (Å²) in [6, 6.07) is 9.52. The monoisotopic (exact) mass is 345 g/mol. The number of ether oxygens (including phenoxy) is 1. The first-order chi connectivity index (χ1) is 11.8. The molecule has 4 nitrogen and oxygen atoms in total. The van der Waals surface area contributed by atoms with Crippen LogP contribution in [-0.4, -0.2) is 25.0 Å². The first-order valence-electron chi connectivity index (χ1n) is 7.90. The molecule has 0 bridgehead atoms. The number of allylic oxidation sites excluding steroid dienone is 4. The number of benzene rings is 1. The Bertz CT molecular complexity index is 677. The number of halogens is 1. The molecule has 0 heterocycles. The van der Waals surface area contributed by atoms with Crippen molar-refractivity contribution >= 4 is 17.4 Å². The van der Waals surface area contributed by atoms with Gasteiger partial charge in [0.1, 0.15) is 6.17 Å². The topological polar surface area (TPSA) is 47.9 Å². The quantitative estimate of drug-likeness (QED) is 0.344. The molecule has 0 spiro atoms. The molecular formula is C20H24FNO3. The number of hydrogen-bond donors (Lipinski definition) is 0. The Hall–Kier alpha value is -2.69. The van der Waals surface area contributed by atoms with Gasteiger partial charge < -0.3 is 9.57 Å². The molecule has 25 heavy (non-hydrogen) atoms. The van der Waals surface area contributed by atoms with E-state index in [4.69, 9.17) is 4.84 Å². The zero-order valence-electron chi connectivity index (χ0n) is 15.0. The zero-order chi connectivity index (χ0) is 18.8. The van der Waals surface area contributed by atoms with E-state index in [2.05, 4.69) is 16.5 Å². The minimum absolute atomic E-state index is 0.0910. The van der Waals surface area contributed by atoms with Crippen LogP contribution in [0.1, 0.15) is 26.3 Å². The van der Waals surface area contributed by atoms with Crippen molar-refractivity contribution in [3.8, 4) is 0 Å². The van der Waals surface area contributed by atoms with Gasteiger partial charge in [0.25, 0.3) is 0 Å². The molecule has 1 aliphatic carbocycles. The van der Waals surface area contributed by atoms with Crippen molar-refractivity contribution < 1.29 is 18.8 Å². The highest BCUT2D eigenvalue weighted by atomic mass is 19.1. The molecule has 134 valence electrons. The predicted octanol–water partition coefficient (Wildman–Crippen LogP) is 4.70. The highest BCUT2D eigenvalue weighted by Gasteiger charge is 2.16. The average Bonchev–Trinajstić information content (AvgIpc) is 2.62. The largest absolute Gasteiger partial charge is 0.469 e. The third kappa shape index (κ3) is 7.16. The molecule has 1 aliphatic rings. The number of alkyl halides is 1. The summed E-state index contributed by atoms with van der Waals surface area (Å²) >= 11 is 0. The van der Waals surface area contributed by atoms with E-state index in [9.17, 15) is 9.18 Å². The highest BCUT2D eigenvalue weighted by molar-refractivity contribution is 6.00. The lowest BCUT2D eigenvalue weighted by Crippen LogP contribution is -2.13. The number of nitrogens with zero attached hydrogens (tertiary/aromatic N) is 1. The Morgan fingerprint density at radius 2 is 1.84 bits per heavy atom. The normalized spacial score (nSPS) is 19.2. The van der Waals surface area contributed by atoms with Gasteiger partial charge in [0.2, 0.25) is 0 Å². The summed E-state index contributed by atoms with van der Waals surface area (Å²) in [5.74, 6) is 0.132. The van der Waals surface area contributed by atoms with Crippen molar-refractivity contribution in [2.75, 3.05) is 7.11 Å². The van der Waals surface area contributed by atoms with Crippen molar-refractivity contribution in [1.29, 1.82) is 0 Å². The van der Waals surface area contributed by atoms with Crippen molar-refractivity contribution in [1.82, 2.24) is 0 Å². The first-order valence-corrected chi connectivity index (χ1v) is 7.90. The zero-order valence-corrected chi connectivity index (χ0v) is 15.0. The highest BCUT2D eigenvalue weighted by Crippen LogP contribution is 2.21. The van der Waals surface area contributed by atoms with Gasteiger partial charge in [-0.2, -0.15) is 0 Å². The fraction of sp³-hybridized carbons (Fsp3) is 0.300. The third-order valence-electron chi connectivity index (χ3n) is 3.51. The first kappa shape index (κ1) is 20.4. The Labute approximate surface area is 148 Å². The maximum absolute atomic E-state index is 13.6. The molecular weight excluding hydrogens is 321 g/mol. The number of esters is 1. The van der Waals surface area contributed by atoms with E-state index in [1.807, 2.05) is 49.4 Å². The van der Waals surface area contributed by atoms with Gasteiger partial charge in [-0.05, 0) is 18.6 Å². The summed E-state index contributed by atoms with van der Waals surface area (Å²) in [6.07, 6.45) is 4.30. The molecule has 0 N–H and O–H groups in total. The minimum atomic E-state index is -0.975. The summed E-state index contributed by atoms with van der Waals surface area (Å²) in [6.45, 7) is 8.82. The molecule has 0 saturated heterocycles.